The highest BCUT2D eigenvalue weighted by molar-refractivity contribution is 6.23. The van der Waals surface area contributed by atoms with Crippen molar-refractivity contribution in [1.29, 1.82) is 0 Å². The summed E-state index contributed by atoms with van der Waals surface area (Å²) >= 11 is 12.6. The van der Waals surface area contributed by atoms with Crippen molar-refractivity contribution in [3.63, 3.8) is 0 Å². The summed E-state index contributed by atoms with van der Waals surface area (Å²) in [6, 6.07) is 20.4. The number of carbonyl (C=O) groups excluding carboxylic acids is 1. The smallest absolute Gasteiger partial charge is 0.135 e. The maximum Gasteiger partial charge on any atom is 0.135 e. The number of alkyl halides is 2. The van der Waals surface area contributed by atoms with Crippen LogP contribution < -0.4 is 0 Å². The number of hydrogen-bond donors (Lipinski definition) is 0. The van der Waals surface area contributed by atoms with Gasteiger partial charge in [-0.3, -0.25) is 4.79 Å². The molecule has 0 aliphatic carbocycles. The molecule has 0 fully saturated rings. The van der Waals surface area contributed by atoms with Crippen LogP contribution in [-0.4, -0.2) is 16.5 Å². The molecule has 0 saturated heterocycles. The van der Waals surface area contributed by atoms with Gasteiger partial charge in [0.05, 0.1) is 0 Å². The standard InChI is InChI=1S/C21H24Cl2O/c22-19(13-11-17-7-3-1-4-8-17)15-21(24)16-20(23)14-12-18-9-5-2-6-10-18/h1-10,19-20H,11-16H2. The molecule has 0 aliphatic rings. The molecule has 2 rings (SSSR count). The van der Waals surface area contributed by atoms with Gasteiger partial charge >= 0.3 is 0 Å². The van der Waals surface area contributed by atoms with Crippen molar-refractivity contribution in [2.45, 2.75) is 49.3 Å². The van der Waals surface area contributed by atoms with E-state index in [0.29, 0.717) is 12.8 Å². The van der Waals surface area contributed by atoms with E-state index in [4.69, 9.17) is 23.2 Å². The lowest BCUT2D eigenvalue weighted by Crippen LogP contribution is -2.14. The van der Waals surface area contributed by atoms with Gasteiger partial charge in [0.1, 0.15) is 5.78 Å². The lowest BCUT2D eigenvalue weighted by Gasteiger charge is -2.12. The van der Waals surface area contributed by atoms with E-state index < -0.39 is 0 Å². The Hall–Kier alpha value is -1.31. The third kappa shape index (κ3) is 7.51. The quantitative estimate of drug-likeness (QED) is 0.487. The average molecular weight is 363 g/mol. The zero-order valence-corrected chi connectivity index (χ0v) is 15.3. The first-order chi connectivity index (χ1) is 11.6. The average Bonchev–Trinajstić information content (AvgIpc) is 2.60. The van der Waals surface area contributed by atoms with Crippen LogP contribution in [0.4, 0.5) is 0 Å². The lowest BCUT2D eigenvalue weighted by atomic mass is 10.0. The van der Waals surface area contributed by atoms with Gasteiger partial charge in [0.2, 0.25) is 0 Å². The molecule has 2 aromatic carbocycles. The minimum absolute atomic E-state index is 0.115. The van der Waals surface area contributed by atoms with Crippen LogP contribution in [0, 0.1) is 0 Å². The summed E-state index contributed by atoms with van der Waals surface area (Å²) in [6.45, 7) is 0. The van der Waals surface area contributed by atoms with Crippen LogP contribution in [0.3, 0.4) is 0 Å². The van der Waals surface area contributed by atoms with Gasteiger partial charge in [0.25, 0.3) is 0 Å². The largest absolute Gasteiger partial charge is 0.300 e. The number of halogens is 2. The van der Waals surface area contributed by atoms with E-state index in [0.717, 1.165) is 25.7 Å². The Morgan fingerprint density at radius 2 is 1.08 bits per heavy atom. The van der Waals surface area contributed by atoms with Gasteiger partial charge in [-0.15, -0.1) is 23.2 Å². The molecule has 0 amide bonds. The van der Waals surface area contributed by atoms with Gasteiger partial charge in [-0.1, -0.05) is 60.7 Å². The van der Waals surface area contributed by atoms with Gasteiger partial charge in [-0.2, -0.15) is 0 Å². The van der Waals surface area contributed by atoms with Crippen LogP contribution in [0.5, 0.6) is 0 Å². The summed E-state index contributed by atoms with van der Waals surface area (Å²) in [6.07, 6.45) is 4.25. The minimum Gasteiger partial charge on any atom is -0.300 e. The molecule has 0 bridgehead atoms. The predicted molar refractivity (Wildman–Crippen MR) is 103 cm³/mol. The Kier molecular flexibility index (Phi) is 8.35. The third-order valence-corrected chi connectivity index (χ3v) is 4.82. The first kappa shape index (κ1) is 19.0. The van der Waals surface area contributed by atoms with Crippen molar-refractivity contribution in [2.75, 3.05) is 0 Å². The van der Waals surface area contributed by atoms with Gasteiger partial charge in [0.15, 0.2) is 0 Å². The minimum atomic E-state index is -0.115. The van der Waals surface area contributed by atoms with Crippen molar-refractivity contribution < 1.29 is 4.79 Å². The van der Waals surface area contributed by atoms with Crippen LogP contribution in [-0.2, 0) is 17.6 Å². The molecule has 0 saturated carbocycles. The Labute approximate surface area is 155 Å². The van der Waals surface area contributed by atoms with E-state index in [1.165, 1.54) is 11.1 Å². The highest BCUT2D eigenvalue weighted by atomic mass is 35.5. The van der Waals surface area contributed by atoms with Gasteiger partial charge < -0.3 is 0 Å². The SMILES string of the molecule is O=C(CC(Cl)CCc1ccccc1)CC(Cl)CCc1ccccc1. The summed E-state index contributed by atoms with van der Waals surface area (Å²) in [5.41, 5.74) is 2.52. The summed E-state index contributed by atoms with van der Waals surface area (Å²) < 4.78 is 0. The number of Topliss-reactive ketones (excluding diaryl/α,β-unsaturated/α-hetero) is 1. The van der Waals surface area contributed by atoms with Crippen molar-refractivity contribution in [3.05, 3.63) is 71.8 Å². The summed E-state index contributed by atoms with van der Waals surface area (Å²) in [7, 11) is 0. The second-order valence-corrected chi connectivity index (χ2v) is 7.42. The number of aryl methyl sites for hydroxylation is 2. The molecule has 0 spiro atoms. The van der Waals surface area contributed by atoms with E-state index in [1.54, 1.807) is 0 Å². The molecular formula is C21H24Cl2O. The molecule has 1 nitrogen and oxygen atoms in total. The molecule has 3 heteroatoms. The fourth-order valence-electron chi connectivity index (χ4n) is 2.72. The summed E-state index contributed by atoms with van der Waals surface area (Å²) in [4.78, 5) is 12.1. The third-order valence-electron chi connectivity index (χ3n) is 4.08. The first-order valence-electron chi connectivity index (χ1n) is 8.51. The molecule has 0 aromatic heterocycles. The Bertz CT molecular complexity index is 544. The molecule has 0 aliphatic heterocycles. The molecule has 0 N–H and O–H groups in total. The Balaban J connectivity index is 1.64. The topological polar surface area (TPSA) is 17.1 Å². The second-order valence-electron chi connectivity index (χ2n) is 6.19. The predicted octanol–water partition coefficient (Wildman–Crippen LogP) is 5.82. The monoisotopic (exact) mass is 362 g/mol. The van der Waals surface area contributed by atoms with Gasteiger partial charge in [-0.25, -0.2) is 0 Å². The Morgan fingerprint density at radius 1 is 0.708 bits per heavy atom. The van der Waals surface area contributed by atoms with Crippen molar-refractivity contribution >= 4 is 29.0 Å². The summed E-state index contributed by atoms with van der Waals surface area (Å²) in [5, 5.41) is -0.230. The maximum absolute atomic E-state index is 12.1. The number of hydrogen-bond acceptors (Lipinski definition) is 1. The van der Waals surface area contributed by atoms with Crippen LogP contribution in [0.15, 0.2) is 60.7 Å². The zero-order chi connectivity index (χ0) is 17.2. The number of ketones is 1. The van der Waals surface area contributed by atoms with E-state index in [2.05, 4.69) is 24.3 Å². The molecule has 24 heavy (non-hydrogen) atoms. The molecule has 0 radical (unpaired) electrons. The zero-order valence-electron chi connectivity index (χ0n) is 13.8. The van der Waals surface area contributed by atoms with Crippen LogP contribution >= 0.6 is 23.2 Å². The lowest BCUT2D eigenvalue weighted by molar-refractivity contribution is -0.119. The van der Waals surface area contributed by atoms with E-state index in [1.807, 2.05) is 36.4 Å². The molecule has 128 valence electrons. The second kappa shape index (κ2) is 10.5. The fraction of sp³-hybridized carbons (Fsp3) is 0.381. The molecule has 2 unspecified atom stereocenters. The highest BCUT2D eigenvalue weighted by Crippen LogP contribution is 2.18. The first-order valence-corrected chi connectivity index (χ1v) is 9.38. The van der Waals surface area contributed by atoms with Crippen molar-refractivity contribution in [3.8, 4) is 0 Å². The molecule has 0 heterocycles. The number of rotatable bonds is 10. The molecule has 2 aromatic rings. The van der Waals surface area contributed by atoms with E-state index in [-0.39, 0.29) is 16.5 Å². The van der Waals surface area contributed by atoms with E-state index in [9.17, 15) is 4.79 Å². The number of carbonyl (C=O) groups is 1. The Morgan fingerprint density at radius 3 is 1.46 bits per heavy atom. The van der Waals surface area contributed by atoms with Crippen molar-refractivity contribution in [1.82, 2.24) is 0 Å². The van der Waals surface area contributed by atoms with Gasteiger partial charge in [-0.05, 0) is 36.8 Å². The highest BCUT2D eigenvalue weighted by Gasteiger charge is 2.15. The van der Waals surface area contributed by atoms with Crippen LogP contribution in [0.25, 0.3) is 0 Å². The number of benzene rings is 2. The van der Waals surface area contributed by atoms with Gasteiger partial charge in [0, 0.05) is 23.6 Å². The van der Waals surface area contributed by atoms with Crippen LogP contribution in [0.1, 0.15) is 36.8 Å². The van der Waals surface area contributed by atoms with Crippen molar-refractivity contribution in [2.24, 2.45) is 0 Å². The maximum atomic E-state index is 12.1. The molecule has 2 atom stereocenters. The normalized spacial score (nSPS) is 13.4. The van der Waals surface area contributed by atoms with E-state index >= 15 is 0 Å². The molecular weight excluding hydrogens is 339 g/mol. The summed E-state index contributed by atoms with van der Waals surface area (Å²) in [5.74, 6) is 0.163. The fourth-order valence-corrected chi connectivity index (χ4v) is 3.28. The van der Waals surface area contributed by atoms with Crippen LogP contribution in [0.2, 0.25) is 0 Å².